The van der Waals surface area contributed by atoms with Crippen LogP contribution in [0.25, 0.3) is 34.2 Å². The van der Waals surface area contributed by atoms with Crippen molar-refractivity contribution in [2.75, 3.05) is 0 Å². The standard InChI is InChI=1S/C27H22N2O/c30-27-23(9-5-17-28-19-15-21-7-1-3-11-25(21)28)13-14-24(27)10-6-18-29-20-16-22-8-2-4-12-26(22)29/h1-12,15-20H,13-14H2/b17-5+,18-6+,23-9-,24-10+. The molecule has 0 amide bonds. The van der Waals surface area contributed by atoms with Crippen molar-refractivity contribution in [3.63, 3.8) is 0 Å². The highest BCUT2D eigenvalue weighted by molar-refractivity contribution is 6.11. The second kappa shape index (κ2) is 7.88. The minimum atomic E-state index is 0.152. The van der Waals surface area contributed by atoms with Crippen LogP contribution in [0.3, 0.4) is 0 Å². The molecule has 0 spiro atoms. The van der Waals surface area contributed by atoms with E-state index in [1.54, 1.807) is 0 Å². The van der Waals surface area contributed by atoms with E-state index in [1.807, 2.05) is 73.4 Å². The van der Waals surface area contributed by atoms with Gasteiger partial charge < -0.3 is 9.13 Å². The molecule has 0 aliphatic heterocycles. The Labute approximate surface area is 175 Å². The van der Waals surface area contributed by atoms with Crippen LogP contribution in [0.5, 0.6) is 0 Å². The Morgan fingerprint density at radius 2 is 1.10 bits per heavy atom. The lowest BCUT2D eigenvalue weighted by Crippen LogP contribution is -1.94. The van der Waals surface area contributed by atoms with Crippen molar-refractivity contribution in [3.05, 3.63) is 109 Å². The quantitative estimate of drug-likeness (QED) is 0.368. The molecule has 1 aliphatic carbocycles. The summed E-state index contributed by atoms with van der Waals surface area (Å²) in [6, 6.07) is 20.7. The molecule has 3 nitrogen and oxygen atoms in total. The molecule has 146 valence electrons. The number of hydrogen-bond acceptors (Lipinski definition) is 1. The largest absolute Gasteiger partial charge is 0.323 e. The lowest BCUT2D eigenvalue weighted by Gasteiger charge is -1.97. The Balaban J connectivity index is 1.30. The number of fused-ring (bicyclic) bond motifs is 2. The molecule has 3 heteroatoms. The SMILES string of the molecule is O=C1/C(=C\C=C\n2ccc3ccccc32)CC/C1=C\C=C\n1ccc2ccccc21. The Morgan fingerprint density at radius 1 is 0.633 bits per heavy atom. The van der Waals surface area contributed by atoms with Gasteiger partial charge in [-0.15, -0.1) is 0 Å². The predicted octanol–water partition coefficient (Wildman–Crippen LogP) is 6.45. The van der Waals surface area contributed by atoms with E-state index >= 15 is 0 Å². The van der Waals surface area contributed by atoms with Crippen LogP contribution in [0.15, 0.2) is 109 Å². The first kappa shape index (κ1) is 18.2. The molecule has 0 N–H and O–H groups in total. The summed E-state index contributed by atoms with van der Waals surface area (Å²) >= 11 is 0. The molecule has 2 heterocycles. The Hall–Kier alpha value is -3.85. The first-order valence-corrected chi connectivity index (χ1v) is 10.2. The van der Waals surface area contributed by atoms with Crippen LogP contribution in [0.4, 0.5) is 0 Å². The number of carbonyl (C=O) groups excluding carboxylic acids is 1. The average Bonchev–Trinajstić information content (AvgIpc) is 3.47. The van der Waals surface area contributed by atoms with Crippen molar-refractivity contribution < 1.29 is 4.79 Å². The molecular formula is C27H22N2O. The Kier molecular flexibility index (Phi) is 4.78. The fraction of sp³-hybridized carbons (Fsp3) is 0.0741. The van der Waals surface area contributed by atoms with Gasteiger partial charge in [0.2, 0.25) is 0 Å². The molecule has 2 aromatic carbocycles. The summed E-state index contributed by atoms with van der Waals surface area (Å²) in [5.74, 6) is 0.152. The number of rotatable bonds is 4. The number of allylic oxidation sites excluding steroid dienone is 6. The van der Waals surface area contributed by atoms with E-state index in [-0.39, 0.29) is 5.78 Å². The summed E-state index contributed by atoms with van der Waals surface area (Å²) in [6.07, 6.45) is 17.5. The molecule has 0 radical (unpaired) electrons. The number of para-hydroxylation sites is 2. The zero-order chi connectivity index (χ0) is 20.3. The fourth-order valence-electron chi connectivity index (χ4n) is 3.99. The van der Waals surface area contributed by atoms with Gasteiger partial charge in [-0.3, -0.25) is 4.79 Å². The van der Waals surface area contributed by atoms with Gasteiger partial charge in [-0.1, -0.05) is 48.6 Å². The number of Topliss-reactive ketones (excluding diaryl/α,β-unsaturated/α-hetero) is 1. The average molecular weight is 390 g/mol. The molecular weight excluding hydrogens is 368 g/mol. The summed E-state index contributed by atoms with van der Waals surface area (Å²) in [5, 5.41) is 2.42. The second-order valence-electron chi connectivity index (χ2n) is 7.46. The molecule has 1 saturated carbocycles. The Morgan fingerprint density at radius 3 is 1.60 bits per heavy atom. The highest BCUT2D eigenvalue weighted by Gasteiger charge is 2.21. The van der Waals surface area contributed by atoms with Crippen molar-refractivity contribution in [1.82, 2.24) is 9.13 Å². The van der Waals surface area contributed by atoms with Crippen molar-refractivity contribution >= 4 is 40.0 Å². The number of carbonyl (C=O) groups is 1. The summed E-state index contributed by atoms with van der Waals surface area (Å²) in [6.45, 7) is 0. The molecule has 1 fully saturated rings. The third-order valence-electron chi connectivity index (χ3n) is 5.59. The molecule has 30 heavy (non-hydrogen) atoms. The lowest BCUT2D eigenvalue weighted by atomic mass is 10.1. The molecule has 0 unspecified atom stereocenters. The van der Waals surface area contributed by atoms with Crippen LogP contribution in [0, 0.1) is 0 Å². The topological polar surface area (TPSA) is 26.9 Å². The van der Waals surface area contributed by atoms with Gasteiger partial charge in [0.25, 0.3) is 0 Å². The van der Waals surface area contributed by atoms with Gasteiger partial charge in [0, 0.05) is 35.9 Å². The first-order valence-electron chi connectivity index (χ1n) is 10.2. The van der Waals surface area contributed by atoms with Crippen LogP contribution < -0.4 is 0 Å². The van der Waals surface area contributed by atoms with Crippen LogP contribution in [0.1, 0.15) is 12.8 Å². The van der Waals surface area contributed by atoms with E-state index in [4.69, 9.17) is 0 Å². The highest BCUT2D eigenvalue weighted by atomic mass is 16.1. The van der Waals surface area contributed by atoms with E-state index in [2.05, 4.69) is 45.5 Å². The van der Waals surface area contributed by atoms with Gasteiger partial charge in [0.05, 0.1) is 11.0 Å². The first-order chi connectivity index (χ1) is 14.8. The van der Waals surface area contributed by atoms with E-state index in [1.165, 1.54) is 10.8 Å². The van der Waals surface area contributed by atoms with Gasteiger partial charge >= 0.3 is 0 Å². The molecule has 1 aliphatic rings. The number of aromatic nitrogens is 2. The van der Waals surface area contributed by atoms with Gasteiger partial charge in [0.1, 0.15) is 0 Å². The number of nitrogens with zero attached hydrogens (tertiary/aromatic N) is 2. The van der Waals surface area contributed by atoms with Crippen LogP contribution in [-0.4, -0.2) is 14.9 Å². The smallest absolute Gasteiger partial charge is 0.185 e. The van der Waals surface area contributed by atoms with Crippen molar-refractivity contribution in [2.24, 2.45) is 0 Å². The van der Waals surface area contributed by atoms with Crippen LogP contribution in [-0.2, 0) is 4.79 Å². The van der Waals surface area contributed by atoms with Crippen molar-refractivity contribution in [2.45, 2.75) is 12.8 Å². The molecule has 0 saturated heterocycles. The van der Waals surface area contributed by atoms with E-state index in [0.29, 0.717) is 0 Å². The number of ketones is 1. The van der Waals surface area contributed by atoms with Gasteiger partial charge in [-0.2, -0.15) is 0 Å². The summed E-state index contributed by atoms with van der Waals surface area (Å²) in [4.78, 5) is 12.7. The number of hydrogen-bond donors (Lipinski definition) is 0. The Bertz CT molecular complexity index is 1250. The molecule has 4 aromatic rings. The van der Waals surface area contributed by atoms with E-state index in [0.717, 1.165) is 35.0 Å². The molecule has 0 atom stereocenters. The fourth-order valence-corrected chi connectivity index (χ4v) is 3.99. The van der Waals surface area contributed by atoms with Crippen LogP contribution >= 0.6 is 0 Å². The van der Waals surface area contributed by atoms with Gasteiger partial charge in [0.15, 0.2) is 5.78 Å². The molecule has 5 rings (SSSR count). The third kappa shape index (κ3) is 3.46. The maximum atomic E-state index is 12.7. The maximum absolute atomic E-state index is 12.7. The zero-order valence-corrected chi connectivity index (χ0v) is 16.6. The summed E-state index contributed by atoms with van der Waals surface area (Å²) in [7, 11) is 0. The van der Waals surface area contributed by atoms with Crippen molar-refractivity contribution in [1.29, 1.82) is 0 Å². The zero-order valence-electron chi connectivity index (χ0n) is 16.6. The summed E-state index contributed by atoms with van der Waals surface area (Å²) < 4.78 is 4.15. The predicted molar refractivity (Wildman–Crippen MR) is 125 cm³/mol. The minimum absolute atomic E-state index is 0.152. The van der Waals surface area contributed by atoms with Gasteiger partial charge in [-0.05, 0) is 60.0 Å². The van der Waals surface area contributed by atoms with Crippen molar-refractivity contribution in [3.8, 4) is 0 Å². The summed E-state index contributed by atoms with van der Waals surface area (Å²) in [5.41, 5.74) is 4.06. The molecule has 0 bridgehead atoms. The highest BCUT2D eigenvalue weighted by Crippen LogP contribution is 2.26. The van der Waals surface area contributed by atoms with E-state index in [9.17, 15) is 4.79 Å². The third-order valence-corrected chi connectivity index (χ3v) is 5.59. The van der Waals surface area contributed by atoms with Crippen LogP contribution in [0.2, 0.25) is 0 Å². The minimum Gasteiger partial charge on any atom is -0.323 e. The second-order valence-corrected chi connectivity index (χ2v) is 7.46. The molecule has 2 aromatic heterocycles. The maximum Gasteiger partial charge on any atom is 0.185 e. The number of benzene rings is 2. The monoisotopic (exact) mass is 390 g/mol. The van der Waals surface area contributed by atoms with E-state index < -0.39 is 0 Å². The van der Waals surface area contributed by atoms with Gasteiger partial charge in [-0.25, -0.2) is 0 Å². The lowest BCUT2D eigenvalue weighted by molar-refractivity contribution is -0.111. The normalized spacial score (nSPS) is 17.7.